The van der Waals surface area contributed by atoms with Crippen LogP contribution in [0.25, 0.3) is 0 Å². The average Bonchev–Trinajstić information content (AvgIpc) is 2.50. The minimum Gasteiger partial charge on any atom is -0.394 e. The van der Waals surface area contributed by atoms with E-state index in [9.17, 15) is 5.11 Å². The molecule has 1 aromatic carbocycles. The molecule has 1 N–H and O–H groups in total. The van der Waals surface area contributed by atoms with Gasteiger partial charge >= 0.3 is 0 Å². The Morgan fingerprint density at radius 3 is 2.45 bits per heavy atom. The Balaban J connectivity index is 2.59. The molecular weight excluding hydrogens is 260 g/mol. The molecule has 0 unspecified atom stereocenters. The van der Waals surface area contributed by atoms with Crippen LogP contribution >= 0.6 is 0 Å². The molecule has 1 rings (SSSR count). The van der Waals surface area contributed by atoms with Crippen molar-refractivity contribution in [3.63, 3.8) is 0 Å². The lowest BCUT2D eigenvalue weighted by Crippen LogP contribution is -2.29. The fourth-order valence-electron chi connectivity index (χ4n) is 1.83. The smallest absolute Gasteiger partial charge is 0.147 e. The average molecular weight is 284 g/mol. The van der Waals surface area contributed by atoms with Gasteiger partial charge in [0.1, 0.15) is 19.0 Å². The van der Waals surface area contributed by atoms with Gasteiger partial charge in [-0.25, -0.2) is 0 Å². The molecule has 0 fully saturated rings. The number of hydrogen-bond acceptors (Lipinski definition) is 5. The minimum absolute atomic E-state index is 0.106. The molecule has 0 heterocycles. The molecule has 0 aliphatic rings. The lowest BCUT2D eigenvalue weighted by molar-refractivity contribution is -0.151. The summed E-state index contributed by atoms with van der Waals surface area (Å²) in [6.07, 6.45) is -0.767. The molecule has 0 aliphatic carbocycles. The summed E-state index contributed by atoms with van der Waals surface area (Å²) < 4.78 is 21.5. The highest BCUT2D eigenvalue weighted by molar-refractivity contribution is 5.18. The largest absolute Gasteiger partial charge is 0.394 e. The lowest BCUT2D eigenvalue weighted by Gasteiger charge is -2.26. The van der Waals surface area contributed by atoms with Gasteiger partial charge in [0, 0.05) is 13.7 Å². The lowest BCUT2D eigenvalue weighted by atomic mass is 10.0. The van der Waals surface area contributed by atoms with Crippen molar-refractivity contribution in [3.05, 3.63) is 35.9 Å². The van der Waals surface area contributed by atoms with Crippen LogP contribution in [-0.2, 0) is 18.9 Å². The molecule has 0 aromatic heterocycles. The Morgan fingerprint density at radius 2 is 1.85 bits per heavy atom. The van der Waals surface area contributed by atoms with Crippen molar-refractivity contribution in [1.82, 2.24) is 0 Å². The summed E-state index contributed by atoms with van der Waals surface area (Å²) in [6, 6.07) is 9.68. The zero-order chi connectivity index (χ0) is 14.6. The van der Waals surface area contributed by atoms with Gasteiger partial charge in [-0.05, 0) is 12.5 Å². The van der Waals surface area contributed by atoms with Crippen LogP contribution in [0.15, 0.2) is 30.3 Å². The van der Waals surface area contributed by atoms with Crippen LogP contribution in [0, 0.1) is 0 Å². The number of ether oxygens (including phenoxy) is 4. The van der Waals surface area contributed by atoms with Crippen molar-refractivity contribution in [3.8, 4) is 0 Å². The number of aliphatic hydroxyl groups excluding tert-OH is 1. The Labute approximate surface area is 120 Å². The van der Waals surface area contributed by atoms with Crippen LogP contribution in [0.4, 0.5) is 0 Å². The normalized spacial score (nSPS) is 14.2. The van der Waals surface area contributed by atoms with E-state index in [1.807, 2.05) is 37.3 Å². The summed E-state index contributed by atoms with van der Waals surface area (Å²) in [4.78, 5) is 0. The minimum atomic E-state index is -0.409. The molecule has 0 amide bonds. The molecule has 0 saturated carbocycles. The third-order valence-corrected chi connectivity index (χ3v) is 2.79. The van der Waals surface area contributed by atoms with Crippen LogP contribution in [0.5, 0.6) is 0 Å². The van der Waals surface area contributed by atoms with Gasteiger partial charge in [-0.15, -0.1) is 0 Å². The summed E-state index contributed by atoms with van der Waals surface area (Å²) in [6.45, 7) is 3.42. The molecule has 2 atom stereocenters. The maximum absolute atomic E-state index is 9.46. The zero-order valence-corrected chi connectivity index (χ0v) is 12.2. The highest BCUT2D eigenvalue weighted by atomic mass is 16.7. The summed E-state index contributed by atoms with van der Waals surface area (Å²) in [5.74, 6) is 0. The first-order valence-electron chi connectivity index (χ1n) is 6.79. The number of aliphatic hydroxyl groups is 1. The second-order valence-corrected chi connectivity index (χ2v) is 4.19. The first-order chi connectivity index (χ1) is 9.83. The Bertz CT molecular complexity index is 330. The Kier molecular flexibility index (Phi) is 9.19. The molecule has 0 bridgehead atoms. The maximum atomic E-state index is 9.46. The van der Waals surface area contributed by atoms with Crippen LogP contribution in [0.3, 0.4) is 0 Å². The highest BCUT2D eigenvalue weighted by Gasteiger charge is 2.23. The Hall–Kier alpha value is -0.980. The molecule has 0 aliphatic heterocycles. The van der Waals surface area contributed by atoms with E-state index in [2.05, 4.69) is 0 Å². The molecule has 0 radical (unpaired) electrons. The van der Waals surface area contributed by atoms with E-state index in [0.717, 1.165) is 5.56 Å². The second kappa shape index (κ2) is 10.8. The number of methoxy groups -OCH3 is 1. The topological polar surface area (TPSA) is 57.2 Å². The molecule has 0 saturated heterocycles. The van der Waals surface area contributed by atoms with Gasteiger partial charge < -0.3 is 24.1 Å². The van der Waals surface area contributed by atoms with E-state index in [4.69, 9.17) is 18.9 Å². The second-order valence-electron chi connectivity index (χ2n) is 4.19. The van der Waals surface area contributed by atoms with Crippen LogP contribution < -0.4 is 0 Å². The van der Waals surface area contributed by atoms with Crippen molar-refractivity contribution in [2.24, 2.45) is 0 Å². The molecule has 0 spiro atoms. The molecule has 5 heteroatoms. The predicted molar refractivity (Wildman–Crippen MR) is 75.5 cm³/mol. The van der Waals surface area contributed by atoms with E-state index in [1.165, 1.54) is 0 Å². The van der Waals surface area contributed by atoms with Crippen LogP contribution in [0.1, 0.15) is 18.6 Å². The zero-order valence-electron chi connectivity index (χ0n) is 12.2. The van der Waals surface area contributed by atoms with Gasteiger partial charge in [0.15, 0.2) is 0 Å². The molecular formula is C15H24O5. The number of benzene rings is 1. The van der Waals surface area contributed by atoms with Crippen LogP contribution in [-0.4, -0.2) is 51.5 Å². The maximum Gasteiger partial charge on any atom is 0.147 e. The fraction of sp³-hybridized carbons (Fsp3) is 0.600. The monoisotopic (exact) mass is 284 g/mol. The van der Waals surface area contributed by atoms with Crippen molar-refractivity contribution in [2.45, 2.75) is 19.1 Å². The molecule has 114 valence electrons. The van der Waals surface area contributed by atoms with E-state index in [1.54, 1.807) is 7.11 Å². The van der Waals surface area contributed by atoms with Gasteiger partial charge in [0.25, 0.3) is 0 Å². The summed E-state index contributed by atoms with van der Waals surface area (Å²) in [5.41, 5.74) is 0.954. The third kappa shape index (κ3) is 5.98. The van der Waals surface area contributed by atoms with Crippen molar-refractivity contribution < 1.29 is 24.1 Å². The number of rotatable bonds is 11. The van der Waals surface area contributed by atoms with E-state index in [-0.39, 0.29) is 19.5 Å². The number of hydrogen-bond donors (Lipinski definition) is 1. The van der Waals surface area contributed by atoms with Crippen molar-refractivity contribution in [1.29, 1.82) is 0 Å². The standard InChI is InChI=1S/C15H24O5/c1-3-19-14(11-16)15(13-7-5-4-6-8-13)20-12-18-10-9-17-2/h4-8,14-16H,3,9-12H2,1-2H3/t14-,15-/m1/s1. The van der Waals surface area contributed by atoms with Crippen molar-refractivity contribution >= 4 is 0 Å². The fourth-order valence-corrected chi connectivity index (χ4v) is 1.83. The summed E-state index contributed by atoms with van der Waals surface area (Å²) in [7, 11) is 1.62. The SMILES string of the molecule is CCO[C@H](CO)[C@H](OCOCCOC)c1ccccc1. The molecule has 20 heavy (non-hydrogen) atoms. The van der Waals surface area contributed by atoms with Crippen LogP contribution in [0.2, 0.25) is 0 Å². The highest BCUT2D eigenvalue weighted by Crippen LogP contribution is 2.23. The van der Waals surface area contributed by atoms with Gasteiger partial charge in [-0.1, -0.05) is 30.3 Å². The van der Waals surface area contributed by atoms with Gasteiger partial charge in [0.05, 0.1) is 19.8 Å². The summed E-state index contributed by atoms with van der Waals surface area (Å²) in [5, 5.41) is 9.46. The van der Waals surface area contributed by atoms with E-state index in [0.29, 0.717) is 19.8 Å². The van der Waals surface area contributed by atoms with Gasteiger partial charge in [-0.2, -0.15) is 0 Å². The third-order valence-electron chi connectivity index (χ3n) is 2.79. The van der Waals surface area contributed by atoms with E-state index < -0.39 is 6.10 Å². The quantitative estimate of drug-likeness (QED) is 0.496. The summed E-state index contributed by atoms with van der Waals surface area (Å²) >= 11 is 0. The van der Waals surface area contributed by atoms with E-state index >= 15 is 0 Å². The molecule has 1 aromatic rings. The van der Waals surface area contributed by atoms with Gasteiger partial charge in [0.2, 0.25) is 0 Å². The Morgan fingerprint density at radius 1 is 1.10 bits per heavy atom. The predicted octanol–water partition coefficient (Wildman–Crippen LogP) is 1.76. The van der Waals surface area contributed by atoms with Gasteiger partial charge in [-0.3, -0.25) is 0 Å². The first kappa shape index (κ1) is 17.1. The van der Waals surface area contributed by atoms with Crippen molar-refractivity contribution in [2.75, 3.05) is 40.3 Å². The molecule has 5 nitrogen and oxygen atoms in total. The first-order valence-corrected chi connectivity index (χ1v) is 6.79.